The van der Waals surface area contributed by atoms with Crippen LogP contribution >= 0.6 is 11.3 Å². The third-order valence-electron chi connectivity index (χ3n) is 4.79. The van der Waals surface area contributed by atoms with Crippen molar-refractivity contribution in [2.45, 2.75) is 18.7 Å². The number of likely N-dealkylation sites (N-methyl/N-ethyl adjacent to an activating group) is 1. The van der Waals surface area contributed by atoms with Crippen LogP contribution in [-0.4, -0.2) is 57.1 Å². The highest BCUT2D eigenvalue weighted by Gasteiger charge is 2.26. The minimum Gasteiger partial charge on any atom is -0.308 e. The standard InChI is InChI=1S/C21H25N3O3S2/c1-15-10-11-18-20(16(15)2)22-21(28-18)24(13-12-23(3)4)19(25)14-29(26,27)17-8-6-5-7-9-17/h5-11H,12-14H2,1-4H3. The molecule has 0 spiro atoms. The average molecular weight is 432 g/mol. The second-order valence-electron chi connectivity index (χ2n) is 7.27. The molecule has 0 saturated heterocycles. The second-order valence-corrected chi connectivity index (χ2v) is 10.3. The van der Waals surface area contributed by atoms with E-state index in [1.165, 1.54) is 28.4 Å². The lowest BCUT2D eigenvalue weighted by atomic mass is 10.1. The lowest BCUT2D eigenvalue weighted by Gasteiger charge is -2.22. The molecule has 0 atom stereocenters. The fourth-order valence-corrected chi connectivity index (χ4v) is 5.20. The monoisotopic (exact) mass is 431 g/mol. The first-order chi connectivity index (χ1) is 13.7. The zero-order valence-electron chi connectivity index (χ0n) is 17.0. The van der Waals surface area contributed by atoms with E-state index in [0.717, 1.165) is 21.3 Å². The molecule has 1 amide bonds. The summed E-state index contributed by atoms with van der Waals surface area (Å²) < 4.78 is 26.4. The Labute approximate surface area is 175 Å². The fraction of sp³-hybridized carbons (Fsp3) is 0.333. The zero-order valence-corrected chi connectivity index (χ0v) is 18.7. The van der Waals surface area contributed by atoms with Crippen LogP contribution in [0.5, 0.6) is 0 Å². The Kier molecular flexibility index (Phi) is 6.36. The average Bonchev–Trinajstić information content (AvgIpc) is 3.10. The third-order valence-corrected chi connectivity index (χ3v) is 7.45. The Morgan fingerprint density at radius 3 is 2.38 bits per heavy atom. The van der Waals surface area contributed by atoms with Crippen LogP contribution in [0, 0.1) is 13.8 Å². The van der Waals surface area contributed by atoms with E-state index in [1.807, 2.05) is 45.0 Å². The van der Waals surface area contributed by atoms with E-state index in [9.17, 15) is 13.2 Å². The summed E-state index contributed by atoms with van der Waals surface area (Å²) in [6.45, 7) is 5.00. The summed E-state index contributed by atoms with van der Waals surface area (Å²) in [5.74, 6) is -1.05. The molecule has 0 radical (unpaired) electrons. The zero-order chi connectivity index (χ0) is 21.2. The van der Waals surface area contributed by atoms with Gasteiger partial charge < -0.3 is 4.90 Å². The Morgan fingerprint density at radius 2 is 1.72 bits per heavy atom. The van der Waals surface area contributed by atoms with Gasteiger partial charge in [-0.1, -0.05) is 35.6 Å². The molecule has 29 heavy (non-hydrogen) atoms. The number of anilines is 1. The quantitative estimate of drug-likeness (QED) is 0.574. The molecule has 3 aromatic rings. The van der Waals surface area contributed by atoms with E-state index in [1.54, 1.807) is 18.2 Å². The molecule has 0 aliphatic rings. The van der Waals surface area contributed by atoms with Crippen LogP contribution in [0.3, 0.4) is 0 Å². The number of aryl methyl sites for hydroxylation is 2. The maximum atomic E-state index is 13.1. The number of amides is 1. The highest BCUT2D eigenvalue weighted by atomic mass is 32.2. The number of nitrogens with zero attached hydrogens (tertiary/aromatic N) is 3. The van der Waals surface area contributed by atoms with E-state index in [0.29, 0.717) is 18.2 Å². The fourth-order valence-electron chi connectivity index (χ4n) is 2.91. The van der Waals surface area contributed by atoms with E-state index in [-0.39, 0.29) is 4.90 Å². The maximum absolute atomic E-state index is 13.1. The molecule has 1 aromatic heterocycles. The Morgan fingerprint density at radius 1 is 1.03 bits per heavy atom. The van der Waals surface area contributed by atoms with Crippen LogP contribution in [0.25, 0.3) is 10.2 Å². The number of hydrogen-bond acceptors (Lipinski definition) is 6. The normalized spacial score (nSPS) is 11.9. The van der Waals surface area contributed by atoms with Crippen molar-refractivity contribution in [3.05, 3.63) is 53.6 Å². The molecule has 0 aliphatic carbocycles. The van der Waals surface area contributed by atoms with Gasteiger partial charge in [0.1, 0.15) is 5.75 Å². The smallest absolute Gasteiger partial charge is 0.244 e. The van der Waals surface area contributed by atoms with Gasteiger partial charge >= 0.3 is 0 Å². The first-order valence-electron chi connectivity index (χ1n) is 9.28. The highest BCUT2D eigenvalue weighted by Crippen LogP contribution is 2.32. The molecule has 6 nitrogen and oxygen atoms in total. The molecule has 0 saturated carbocycles. The Balaban J connectivity index is 1.95. The van der Waals surface area contributed by atoms with Crippen molar-refractivity contribution >= 4 is 42.4 Å². The number of benzene rings is 2. The van der Waals surface area contributed by atoms with E-state index in [4.69, 9.17) is 0 Å². The number of aromatic nitrogens is 1. The van der Waals surface area contributed by atoms with Crippen molar-refractivity contribution in [3.8, 4) is 0 Å². The number of sulfone groups is 1. The van der Waals surface area contributed by atoms with Gasteiger partial charge in [-0.05, 0) is 57.3 Å². The molecular weight excluding hydrogens is 406 g/mol. The molecule has 154 valence electrons. The largest absolute Gasteiger partial charge is 0.308 e. The molecule has 0 unspecified atom stereocenters. The van der Waals surface area contributed by atoms with Crippen molar-refractivity contribution in [2.24, 2.45) is 0 Å². The van der Waals surface area contributed by atoms with Crippen molar-refractivity contribution in [1.29, 1.82) is 0 Å². The summed E-state index contributed by atoms with van der Waals surface area (Å²) in [5.41, 5.74) is 3.06. The molecule has 0 bridgehead atoms. The maximum Gasteiger partial charge on any atom is 0.244 e. The number of thiazole rings is 1. The van der Waals surface area contributed by atoms with Gasteiger partial charge in [0.15, 0.2) is 15.0 Å². The first-order valence-corrected chi connectivity index (χ1v) is 11.8. The summed E-state index contributed by atoms with van der Waals surface area (Å²) in [6, 6.07) is 12.1. The topological polar surface area (TPSA) is 70.6 Å². The molecule has 2 aromatic carbocycles. The molecule has 8 heteroatoms. The summed E-state index contributed by atoms with van der Waals surface area (Å²) in [4.78, 5) is 21.4. The third kappa shape index (κ3) is 4.83. The molecule has 3 rings (SSSR count). The predicted octanol–water partition coefficient (Wildman–Crippen LogP) is 3.28. The van der Waals surface area contributed by atoms with Gasteiger partial charge in [-0.25, -0.2) is 13.4 Å². The summed E-state index contributed by atoms with van der Waals surface area (Å²) in [5, 5.41) is 0.531. The number of hydrogen-bond donors (Lipinski definition) is 0. The molecule has 0 N–H and O–H groups in total. The Hall–Kier alpha value is -2.29. The lowest BCUT2D eigenvalue weighted by molar-refractivity contribution is -0.116. The molecular formula is C21H25N3O3S2. The highest BCUT2D eigenvalue weighted by molar-refractivity contribution is 7.92. The van der Waals surface area contributed by atoms with Crippen LogP contribution in [0.4, 0.5) is 5.13 Å². The van der Waals surface area contributed by atoms with E-state index in [2.05, 4.69) is 4.98 Å². The number of rotatable bonds is 7. The van der Waals surface area contributed by atoms with Gasteiger partial charge in [-0.2, -0.15) is 0 Å². The van der Waals surface area contributed by atoms with Crippen LogP contribution in [0.2, 0.25) is 0 Å². The minimum absolute atomic E-state index is 0.150. The molecule has 1 heterocycles. The van der Waals surface area contributed by atoms with E-state index >= 15 is 0 Å². The minimum atomic E-state index is -3.72. The summed E-state index contributed by atoms with van der Waals surface area (Å²) >= 11 is 1.41. The summed E-state index contributed by atoms with van der Waals surface area (Å²) in [6.07, 6.45) is 0. The SMILES string of the molecule is Cc1ccc2sc(N(CCN(C)C)C(=O)CS(=O)(=O)c3ccccc3)nc2c1C. The van der Waals surface area contributed by atoms with Gasteiger partial charge in [0.2, 0.25) is 5.91 Å². The number of fused-ring (bicyclic) bond motifs is 1. The number of carbonyl (C=O) groups is 1. The van der Waals surface area contributed by atoms with Gasteiger partial charge in [0.25, 0.3) is 0 Å². The van der Waals surface area contributed by atoms with Crippen molar-refractivity contribution in [2.75, 3.05) is 37.8 Å². The van der Waals surface area contributed by atoms with Crippen molar-refractivity contribution in [3.63, 3.8) is 0 Å². The Bertz CT molecular complexity index is 1120. The van der Waals surface area contributed by atoms with Gasteiger partial charge in [0, 0.05) is 13.1 Å². The van der Waals surface area contributed by atoms with Crippen molar-refractivity contribution in [1.82, 2.24) is 9.88 Å². The van der Waals surface area contributed by atoms with Crippen LogP contribution in [0.1, 0.15) is 11.1 Å². The molecule has 0 fully saturated rings. The molecule has 0 aliphatic heterocycles. The van der Waals surface area contributed by atoms with Crippen molar-refractivity contribution < 1.29 is 13.2 Å². The predicted molar refractivity (Wildman–Crippen MR) is 118 cm³/mol. The van der Waals surface area contributed by atoms with Gasteiger partial charge in [-0.3, -0.25) is 9.69 Å². The van der Waals surface area contributed by atoms with Crippen LogP contribution in [-0.2, 0) is 14.6 Å². The van der Waals surface area contributed by atoms with Gasteiger partial charge in [0.05, 0.1) is 15.1 Å². The summed E-state index contributed by atoms with van der Waals surface area (Å²) in [7, 11) is 0.0999. The van der Waals surface area contributed by atoms with Crippen LogP contribution in [0.15, 0.2) is 47.4 Å². The van der Waals surface area contributed by atoms with Crippen LogP contribution < -0.4 is 4.90 Å². The van der Waals surface area contributed by atoms with E-state index < -0.39 is 21.5 Å². The van der Waals surface area contributed by atoms with Gasteiger partial charge in [-0.15, -0.1) is 0 Å². The lowest BCUT2D eigenvalue weighted by Crippen LogP contribution is -2.40. The second kappa shape index (κ2) is 8.61. The number of carbonyl (C=O) groups excluding carboxylic acids is 1. The first kappa shape index (κ1) is 21.4.